The van der Waals surface area contributed by atoms with Gasteiger partial charge in [0.05, 0.1) is 25.3 Å². The van der Waals surface area contributed by atoms with Crippen molar-refractivity contribution in [3.63, 3.8) is 0 Å². The zero-order valence-corrected chi connectivity index (χ0v) is 21.6. The van der Waals surface area contributed by atoms with Crippen LogP contribution in [0.1, 0.15) is 23.1 Å². The molecule has 2 saturated heterocycles. The number of pyridine rings is 1. The van der Waals surface area contributed by atoms with Crippen molar-refractivity contribution in [3.05, 3.63) is 41.0 Å². The molecule has 0 saturated carbocycles. The van der Waals surface area contributed by atoms with Gasteiger partial charge in [-0.2, -0.15) is 5.26 Å². The van der Waals surface area contributed by atoms with E-state index < -0.39 is 6.09 Å². The van der Waals surface area contributed by atoms with Gasteiger partial charge >= 0.3 is 6.09 Å². The second kappa shape index (κ2) is 12.2. The highest BCUT2D eigenvalue weighted by atomic mass is 16.6. The Labute approximate surface area is 230 Å². The Hall–Kier alpha value is -4.41. The molecule has 2 unspecified atom stereocenters. The van der Waals surface area contributed by atoms with Crippen LogP contribution in [0.5, 0.6) is 11.5 Å². The van der Waals surface area contributed by atoms with E-state index in [1.165, 1.54) is 10.5 Å². The monoisotopic (exact) mass is 551 g/mol. The molecule has 4 heterocycles. The quantitative estimate of drug-likeness (QED) is 0.320. The van der Waals surface area contributed by atoms with Crippen LogP contribution in [0.25, 0.3) is 0 Å². The van der Waals surface area contributed by atoms with E-state index in [0.717, 1.165) is 24.9 Å². The number of amides is 2. The van der Waals surface area contributed by atoms with Crippen molar-refractivity contribution in [2.45, 2.75) is 31.5 Å². The van der Waals surface area contributed by atoms with Crippen LogP contribution in [-0.2, 0) is 31.9 Å². The van der Waals surface area contributed by atoms with Gasteiger partial charge in [-0.1, -0.05) is 6.07 Å². The van der Waals surface area contributed by atoms with E-state index in [1.54, 1.807) is 12.1 Å². The summed E-state index contributed by atoms with van der Waals surface area (Å²) >= 11 is 0. The summed E-state index contributed by atoms with van der Waals surface area (Å²) in [6.07, 6.45) is 1.73. The van der Waals surface area contributed by atoms with E-state index in [-0.39, 0.29) is 31.2 Å². The first-order chi connectivity index (χ1) is 19.5. The Balaban J connectivity index is 0.00000103. The molecule has 6 rings (SSSR count). The third-order valence-electron chi connectivity index (χ3n) is 7.07. The first-order valence-electron chi connectivity index (χ1n) is 13.0. The summed E-state index contributed by atoms with van der Waals surface area (Å²) in [7, 11) is 0. The van der Waals surface area contributed by atoms with E-state index in [1.807, 2.05) is 6.07 Å². The van der Waals surface area contributed by atoms with Gasteiger partial charge in [0.15, 0.2) is 18.2 Å². The Bertz CT molecular complexity index is 1320. The average molecular weight is 552 g/mol. The third kappa shape index (κ3) is 5.93. The maximum Gasteiger partial charge on any atom is 0.415 e. The molecule has 1 aromatic heterocycles. The van der Waals surface area contributed by atoms with Gasteiger partial charge in [0.25, 0.3) is 12.4 Å². The molecule has 40 heavy (non-hydrogen) atoms. The molecule has 2 amide bonds. The van der Waals surface area contributed by atoms with Crippen LogP contribution in [0, 0.1) is 17.2 Å². The van der Waals surface area contributed by atoms with Gasteiger partial charge in [-0.05, 0) is 67.6 Å². The summed E-state index contributed by atoms with van der Waals surface area (Å²) in [6, 6.07) is 9.69. The zero-order valence-electron chi connectivity index (χ0n) is 21.6. The highest BCUT2D eigenvalue weighted by molar-refractivity contribution is 5.95. The number of cyclic esters (lactones) is 1. The molecular weight excluding hydrogens is 522 g/mol. The number of benzene rings is 1. The second-order valence-corrected chi connectivity index (χ2v) is 9.81. The fourth-order valence-electron chi connectivity index (χ4n) is 5.12. The summed E-state index contributed by atoms with van der Waals surface area (Å²) in [5.41, 5.74) is 2.94. The van der Waals surface area contributed by atoms with E-state index in [4.69, 9.17) is 28.8 Å². The lowest BCUT2D eigenvalue weighted by Gasteiger charge is -2.27. The fourth-order valence-corrected chi connectivity index (χ4v) is 5.12. The molecule has 0 spiro atoms. The van der Waals surface area contributed by atoms with Gasteiger partial charge in [0.2, 0.25) is 0 Å². The topological polar surface area (TPSA) is 172 Å². The molecule has 210 valence electrons. The van der Waals surface area contributed by atoms with Gasteiger partial charge in [0, 0.05) is 0 Å². The number of nitrogens with zero attached hydrogens (tertiary/aromatic N) is 3. The Kier molecular flexibility index (Phi) is 8.28. The van der Waals surface area contributed by atoms with Crippen molar-refractivity contribution in [2.24, 2.45) is 5.92 Å². The first kappa shape index (κ1) is 27.2. The lowest BCUT2D eigenvalue weighted by molar-refractivity contribution is -0.123. The SMILES string of the molecule is N#Cc1c(OC2COC2)ccc2c1CC(CNCCC1CN(c3ccc4c(n3)NC(=O)CO4)C(=O)O1)C2.O=CO. The number of carbonyl (C=O) groups is 3. The van der Waals surface area contributed by atoms with Crippen LogP contribution in [0.3, 0.4) is 0 Å². The van der Waals surface area contributed by atoms with Crippen molar-refractivity contribution in [1.82, 2.24) is 10.3 Å². The molecule has 3 aliphatic heterocycles. The number of aromatic nitrogens is 1. The minimum Gasteiger partial charge on any atom is -0.484 e. The van der Waals surface area contributed by atoms with Crippen LogP contribution in [0.2, 0.25) is 0 Å². The van der Waals surface area contributed by atoms with Gasteiger partial charge in [-0.3, -0.25) is 14.5 Å². The lowest BCUT2D eigenvalue weighted by Crippen LogP contribution is -2.38. The van der Waals surface area contributed by atoms with Crippen LogP contribution >= 0.6 is 0 Å². The van der Waals surface area contributed by atoms with Crippen molar-refractivity contribution in [3.8, 4) is 17.6 Å². The van der Waals surface area contributed by atoms with Crippen molar-refractivity contribution < 1.29 is 38.4 Å². The summed E-state index contributed by atoms with van der Waals surface area (Å²) in [4.78, 5) is 38.2. The van der Waals surface area contributed by atoms with Crippen molar-refractivity contribution in [2.75, 3.05) is 49.7 Å². The maximum atomic E-state index is 12.4. The molecule has 2 atom stereocenters. The molecule has 2 aromatic rings. The predicted octanol–water partition coefficient (Wildman–Crippen LogP) is 1.48. The molecule has 13 heteroatoms. The van der Waals surface area contributed by atoms with Crippen LogP contribution in [0.15, 0.2) is 24.3 Å². The number of ether oxygens (including phenoxy) is 4. The van der Waals surface area contributed by atoms with E-state index in [0.29, 0.717) is 67.3 Å². The summed E-state index contributed by atoms with van der Waals surface area (Å²) in [5.74, 6) is 1.96. The molecule has 13 nitrogen and oxygen atoms in total. The maximum absolute atomic E-state index is 12.4. The highest BCUT2D eigenvalue weighted by Crippen LogP contribution is 2.35. The van der Waals surface area contributed by atoms with Gasteiger partial charge in [-0.25, -0.2) is 9.78 Å². The van der Waals surface area contributed by atoms with Crippen molar-refractivity contribution in [1.29, 1.82) is 5.26 Å². The Morgan fingerprint density at radius 2 is 2.08 bits per heavy atom. The number of anilines is 2. The molecular formula is C27H29N5O8. The number of hydrogen-bond donors (Lipinski definition) is 3. The van der Waals surface area contributed by atoms with Crippen LogP contribution < -0.4 is 25.0 Å². The fraction of sp³-hybridized carbons (Fsp3) is 0.444. The number of fused-ring (bicyclic) bond motifs is 2. The molecule has 2 fully saturated rings. The van der Waals surface area contributed by atoms with Gasteiger partial charge in [-0.15, -0.1) is 0 Å². The minimum absolute atomic E-state index is 0.0301. The second-order valence-electron chi connectivity index (χ2n) is 9.81. The summed E-state index contributed by atoms with van der Waals surface area (Å²) < 4.78 is 22.0. The van der Waals surface area contributed by atoms with E-state index >= 15 is 0 Å². The molecule has 0 bridgehead atoms. The standard InChI is InChI=1S/C26H27N5O6.CH2O2/c27-9-20-19-8-15(7-16(19)1-2-21(20)36-18-12-34-13-18)10-28-6-5-17-11-31(26(33)37-17)23-4-3-22-25(29-23)30-24(32)14-35-22;2-1-3/h1-4,15,17-18,28H,5-8,10-14H2,(H,29,30,32);1H,(H,2,3). The third-order valence-corrected chi connectivity index (χ3v) is 7.07. The van der Waals surface area contributed by atoms with Crippen LogP contribution in [-0.4, -0.2) is 80.2 Å². The number of nitriles is 1. The van der Waals surface area contributed by atoms with E-state index in [9.17, 15) is 14.9 Å². The average Bonchev–Trinajstić information content (AvgIpc) is 3.51. The largest absolute Gasteiger partial charge is 0.484 e. The Morgan fingerprint density at radius 3 is 2.83 bits per heavy atom. The smallest absolute Gasteiger partial charge is 0.415 e. The van der Waals surface area contributed by atoms with Crippen LogP contribution in [0.4, 0.5) is 16.4 Å². The number of carboxylic acid groups (broad SMARTS) is 1. The summed E-state index contributed by atoms with van der Waals surface area (Å²) in [6.45, 7) is 2.73. The number of hydrogen-bond acceptors (Lipinski definition) is 10. The van der Waals surface area contributed by atoms with Gasteiger partial charge < -0.3 is 34.7 Å². The molecule has 0 radical (unpaired) electrons. The normalized spacial score (nSPS) is 20.9. The Morgan fingerprint density at radius 1 is 1.25 bits per heavy atom. The number of rotatable bonds is 8. The van der Waals surface area contributed by atoms with Gasteiger partial charge in [0.1, 0.15) is 29.8 Å². The molecule has 4 aliphatic rings. The molecule has 1 aliphatic carbocycles. The molecule has 1 aromatic carbocycles. The lowest BCUT2D eigenvalue weighted by atomic mass is 10.0. The number of nitrogens with one attached hydrogen (secondary N) is 2. The predicted molar refractivity (Wildman–Crippen MR) is 139 cm³/mol. The first-order valence-corrected chi connectivity index (χ1v) is 13.0. The minimum atomic E-state index is -0.456. The highest BCUT2D eigenvalue weighted by Gasteiger charge is 2.34. The van der Waals surface area contributed by atoms with E-state index in [2.05, 4.69) is 27.8 Å². The molecule has 3 N–H and O–H groups in total. The van der Waals surface area contributed by atoms with Crippen molar-refractivity contribution >= 4 is 30.1 Å². The number of carbonyl (C=O) groups excluding carboxylic acids is 2. The zero-order chi connectivity index (χ0) is 28.1. The summed E-state index contributed by atoms with van der Waals surface area (Å²) in [5, 5.41) is 22.8.